The zero-order chi connectivity index (χ0) is 16.8. The first-order chi connectivity index (χ1) is 11.0. The quantitative estimate of drug-likeness (QED) is 0.834. The number of nitrogens with zero attached hydrogens (tertiary/aromatic N) is 1. The van der Waals surface area contributed by atoms with Gasteiger partial charge in [0.1, 0.15) is 5.69 Å². The first-order valence-corrected chi connectivity index (χ1v) is 7.25. The Morgan fingerprint density at radius 2 is 1.87 bits per heavy atom. The van der Waals surface area contributed by atoms with Gasteiger partial charge in [-0.3, -0.25) is 14.6 Å². The van der Waals surface area contributed by atoms with Gasteiger partial charge in [0, 0.05) is 24.0 Å². The molecule has 1 heterocycles. The third-order valence-electron chi connectivity index (χ3n) is 3.38. The van der Waals surface area contributed by atoms with E-state index in [1.165, 1.54) is 12.3 Å². The summed E-state index contributed by atoms with van der Waals surface area (Å²) in [5.74, 6) is -0.616. The number of pyridine rings is 1. The van der Waals surface area contributed by atoms with Crippen molar-refractivity contribution in [2.24, 2.45) is 0 Å². The number of benzene rings is 1. The van der Waals surface area contributed by atoms with E-state index < -0.39 is 0 Å². The number of para-hydroxylation sites is 1. The van der Waals surface area contributed by atoms with Gasteiger partial charge in [0.25, 0.3) is 11.8 Å². The average Bonchev–Trinajstić information content (AvgIpc) is 2.56. The molecule has 0 unspecified atom stereocenters. The Balaban J connectivity index is 2.20. The molecule has 0 atom stereocenters. The molecular formula is C18H19N3O2. The lowest BCUT2D eigenvalue weighted by atomic mass is 10.1. The highest BCUT2D eigenvalue weighted by Gasteiger charge is 2.13. The molecule has 0 saturated heterocycles. The predicted octanol–water partition coefficient (Wildman–Crippen LogP) is 2.87. The molecule has 0 fully saturated rings. The molecule has 0 aliphatic carbocycles. The van der Waals surface area contributed by atoms with Gasteiger partial charge in [-0.15, -0.1) is 6.58 Å². The lowest BCUT2D eigenvalue weighted by Crippen LogP contribution is -2.24. The van der Waals surface area contributed by atoms with Crippen molar-refractivity contribution in [3.63, 3.8) is 0 Å². The van der Waals surface area contributed by atoms with Crippen molar-refractivity contribution >= 4 is 17.5 Å². The summed E-state index contributed by atoms with van der Waals surface area (Å²) in [6.07, 6.45) is 3.04. The second kappa shape index (κ2) is 7.35. The van der Waals surface area contributed by atoms with Gasteiger partial charge in [0.15, 0.2) is 0 Å². The number of anilines is 1. The summed E-state index contributed by atoms with van der Waals surface area (Å²) in [7, 11) is 0. The van der Waals surface area contributed by atoms with Crippen LogP contribution in [-0.4, -0.2) is 23.3 Å². The standard InChI is InChI=1S/C18H19N3O2/c1-4-9-20-17(22)14-8-10-19-15(11-14)18(23)21-16-12(2)6-5-7-13(16)3/h4-8,10-11H,1,9H2,2-3H3,(H,20,22)(H,21,23). The number of nitrogens with one attached hydrogen (secondary N) is 2. The van der Waals surface area contributed by atoms with E-state index in [4.69, 9.17) is 0 Å². The van der Waals surface area contributed by atoms with Crippen LogP contribution in [0.4, 0.5) is 5.69 Å². The van der Waals surface area contributed by atoms with Crippen LogP contribution in [0.3, 0.4) is 0 Å². The monoisotopic (exact) mass is 309 g/mol. The van der Waals surface area contributed by atoms with Crippen LogP contribution in [-0.2, 0) is 0 Å². The van der Waals surface area contributed by atoms with Crippen LogP contribution in [0, 0.1) is 13.8 Å². The molecule has 2 rings (SSSR count). The van der Waals surface area contributed by atoms with Gasteiger partial charge >= 0.3 is 0 Å². The number of hydrogen-bond donors (Lipinski definition) is 2. The first kappa shape index (κ1) is 16.4. The van der Waals surface area contributed by atoms with Gasteiger partial charge in [-0.05, 0) is 37.1 Å². The van der Waals surface area contributed by atoms with Crippen LogP contribution in [0.15, 0.2) is 49.2 Å². The second-order valence-electron chi connectivity index (χ2n) is 5.15. The third-order valence-corrected chi connectivity index (χ3v) is 3.38. The van der Waals surface area contributed by atoms with E-state index in [1.807, 2.05) is 32.0 Å². The Morgan fingerprint density at radius 3 is 2.52 bits per heavy atom. The van der Waals surface area contributed by atoms with E-state index >= 15 is 0 Å². The molecule has 23 heavy (non-hydrogen) atoms. The molecule has 1 aromatic heterocycles. The Bertz CT molecular complexity index is 733. The maximum atomic E-state index is 12.4. The van der Waals surface area contributed by atoms with Crippen LogP contribution in [0.5, 0.6) is 0 Å². The lowest BCUT2D eigenvalue weighted by Gasteiger charge is -2.11. The molecule has 1 aromatic carbocycles. The SMILES string of the molecule is C=CCNC(=O)c1ccnc(C(=O)Nc2c(C)cccc2C)c1. The van der Waals surface area contributed by atoms with E-state index in [2.05, 4.69) is 22.2 Å². The predicted molar refractivity (Wildman–Crippen MR) is 90.6 cm³/mol. The second-order valence-corrected chi connectivity index (χ2v) is 5.15. The largest absolute Gasteiger partial charge is 0.349 e. The summed E-state index contributed by atoms with van der Waals surface area (Å²) in [6, 6.07) is 8.82. The number of aryl methyl sites for hydroxylation is 2. The fourth-order valence-electron chi connectivity index (χ4n) is 2.15. The Morgan fingerprint density at radius 1 is 1.17 bits per heavy atom. The molecule has 5 nitrogen and oxygen atoms in total. The Kier molecular flexibility index (Phi) is 5.25. The van der Waals surface area contributed by atoms with Crippen molar-refractivity contribution in [3.05, 3.63) is 71.6 Å². The number of hydrogen-bond acceptors (Lipinski definition) is 3. The number of amides is 2. The molecule has 0 aliphatic heterocycles. The highest BCUT2D eigenvalue weighted by atomic mass is 16.2. The molecule has 0 saturated carbocycles. The summed E-state index contributed by atoms with van der Waals surface area (Å²) >= 11 is 0. The Hall–Kier alpha value is -2.95. The maximum Gasteiger partial charge on any atom is 0.274 e. The van der Waals surface area contributed by atoms with Crippen molar-refractivity contribution in [1.82, 2.24) is 10.3 Å². The zero-order valence-corrected chi connectivity index (χ0v) is 13.2. The topological polar surface area (TPSA) is 71.1 Å². The van der Waals surface area contributed by atoms with Crippen molar-refractivity contribution in [1.29, 1.82) is 0 Å². The maximum absolute atomic E-state index is 12.4. The van der Waals surface area contributed by atoms with Gasteiger partial charge in [0.2, 0.25) is 0 Å². The summed E-state index contributed by atoms with van der Waals surface area (Å²) < 4.78 is 0. The summed E-state index contributed by atoms with van der Waals surface area (Å²) in [5, 5.41) is 5.52. The minimum Gasteiger partial charge on any atom is -0.349 e. The van der Waals surface area contributed by atoms with Crippen molar-refractivity contribution < 1.29 is 9.59 Å². The van der Waals surface area contributed by atoms with E-state index in [9.17, 15) is 9.59 Å². The van der Waals surface area contributed by atoms with Gasteiger partial charge < -0.3 is 10.6 Å². The summed E-state index contributed by atoms with van der Waals surface area (Å²) in [5.41, 5.74) is 3.28. The smallest absolute Gasteiger partial charge is 0.274 e. The van der Waals surface area contributed by atoms with Crippen molar-refractivity contribution in [2.45, 2.75) is 13.8 Å². The van der Waals surface area contributed by atoms with Gasteiger partial charge in [-0.2, -0.15) is 0 Å². The average molecular weight is 309 g/mol. The first-order valence-electron chi connectivity index (χ1n) is 7.25. The molecule has 0 bridgehead atoms. The highest BCUT2D eigenvalue weighted by Crippen LogP contribution is 2.20. The fourth-order valence-corrected chi connectivity index (χ4v) is 2.15. The third kappa shape index (κ3) is 4.03. The molecule has 118 valence electrons. The lowest BCUT2D eigenvalue weighted by molar-refractivity contribution is 0.0958. The normalized spacial score (nSPS) is 10.0. The van der Waals surface area contributed by atoms with E-state index in [0.29, 0.717) is 12.1 Å². The van der Waals surface area contributed by atoms with Gasteiger partial charge in [-0.25, -0.2) is 0 Å². The van der Waals surface area contributed by atoms with Crippen LogP contribution >= 0.6 is 0 Å². The molecular weight excluding hydrogens is 290 g/mol. The minimum atomic E-state index is -0.347. The van der Waals surface area contributed by atoms with E-state index in [1.54, 1.807) is 12.1 Å². The molecule has 2 amide bonds. The van der Waals surface area contributed by atoms with Gasteiger partial charge in [0.05, 0.1) is 0 Å². The molecule has 0 aliphatic rings. The Labute approximate surface area is 135 Å². The molecule has 2 N–H and O–H groups in total. The van der Waals surface area contributed by atoms with Crippen molar-refractivity contribution in [2.75, 3.05) is 11.9 Å². The van der Waals surface area contributed by atoms with Crippen LogP contribution in [0.2, 0.25) is 0 Å². The minimum absolute atomic E-state index is 0.193. The van der Waals surface area contributed by atoms with Crippen LogP contribution in [0.25, 0.3) is 0 Å². The number of carbonyl (C=O) groups is 2. The number of carbonyl (C=O) groups excluding carboxylic acids is 2. The summed E-state index contributed by atoms with van der Waals surface area (Å²) in [4.78, 5) is 28.4. The molecule has 0 spiro atoms. The van der Waals surface area contributed by atoms with E-state index in [-0.39, 0.29) is 17.5 Å². The zero-order valence-electron chi connectivity index (χ0n) is 13.2. The number of rotatable bonds is 5. The van der Waals surface area contributed by atoms with Gasteiger partial charge in [-0.1, -0.05) is 24.3 Å². The van der Waals surface area contributed by atoms with Crippen LogP contribution in [0.1, 0.15) is 32.0 Å². The highest BCUT2D eigenvalue weighted by molar-refractivity contribution is 6.05. The molecule has 2 aromatic rings. The fraction of sp³-hybridized carbons (Fsp3) is 0.167. The molecule has 0 radical (unpaired) electrons. The van der Waals surface area contributed by atoms with Crippen LogP contribution < -0.4 is 10.6 Å². The number of aromatic nitrogens is 1. The summed E-state index contributed by atoms with van der Waals surface area (Å²) in [6.45, 7) is 7.76. The molecule has 5 heteroatoms. The van der Waals surface area contributed by atoms with Crippen molar-refractivity contribution in [3.8, 4) is 0 Å². The van der Waals surface area contributed by atoms with E-state index in [0.717, 1.165) is 16.8 Å².